The van der Waals surface area contributed by atoms with Gasteiger partial charge in [-0.25, -0.2) is 0 Å². The number of nitro groups is 1. The number of hydrogen-bond donors (Lipinski definition) is 3. The summed E-state index contributed by atoms with van der Waals surface area (Å²) in [5.74, 6) is -0.446. The van der Waals surface area contributed by atoms with Crippen LogP contribution in [0.2, 0.25) is 0 Å². The Hall–Kier alpha value is -3.68. The van der Waals surface area contributed by atoms with Gasteiger partial charge in [0.15, 0.2) is 5.75 Å². The fourth-order valence-electron chi connectivity index (χ4n) is 2.22. The van der Waals surface area contributed by atoms with Gasteiger partial charge in [-0.2, -0.15) is 0 Å². The summed E-state index contributed by atoms with van der Waals surface area (Å²) < 4.78 is 0. The van der Waals surface area contributed by atoms with Crippen molar-refractivity contribution in [3.8, 4) is 11.5 Å². The average Bonchev–Trinajstić information content (AvgIpc) is 2.55. The van der Waals surface area contributed by atoms with Crippen molar-refractivity contribution >= 4 is 33.5 Å². The number of benzene rings is 3. The van der Waals surface area contributed by atoms with Crippen LogP contribution in [0.15, 0.2) is 58.8 Å². The second-order valence-electron chi connectivity index (χ2n) is 5.04. The summed E-state index contributed by atoms with van der Waals surface area (Å²) in [6, 6.07) is 11.8. The summed E-state index contributed by atoms with van der Waals surface area (Å²) in [7, 11) is 0. The molecule has 0 spiro atoms. The van der Waals surface area contributed by atoms with Crippen LogP contribution in [0.3, 0.4) is 0 Å². The van der Waals surface area contributed by atoms with Gasteiger partial charge in [0.1, 0.15) is 17.1 Å². The number of hydrogen-bond acceptors (Lipinski definition) is 7. The molecule has 0 aliphatic heterocycles. The monoisotopic (exact) mass is 324 g/mol. The first kappa shape index (κ1) is 15.2. The van der Waals surface area contributed by atoms with Crippen molar-refractivity contribution in [1.29, 1.82) is 0 Å². The maximum absolute atomic E-state index is 10.6. The molecule has 0 radical (unpaired) electrons. The van der Waals surface area contributed by atoms with Gasteiger partial charge in [-0.3, -0.25) is 10.1 Å². The van der Waals surface area contributed by atoms with Crippen LogP contribution in [0.25, 0.3) is 10.8 Å². The lowest BCUT2D eigenvalue weighted by atomic mass is 10.1. The van der Waals surface area contributed by atoms with E-state index in [1.807, 2.05) is 0 Å². The van der Waals surface area contributed by atoms with Crippen molar-refractivity contribution in [2.24, 2.45) is 10.2 Å². The largest absolute Gasteiger partial charge is 0.505 e. The highest BCUT2D eigenvalue weighted by Crippen LogP contribution is 2.37. The molecule has 3 aromatic carbocycles. The number of phenolic OH excluding ortho intramolecular Hbond substituents is 2. The van der Waals surface area contributed by atoms with Crippen LogP contribution in [0, 0.1) is 10.1 Å². The molecule has 4 N–H and O–H groups in total. The molecule has 0 heterocycles. The van der Waals surface area contributed by atoms with Gasteiger partial charge < -0.3 is 15.9 Å². The number of anilines is 1. The van der Waals surface area contributed by atoms with Crippen LogP contribution >= 0.6 is 0 Å². The third kappa shape index (κ3) is 2.80. The molecule has 0 unspecified atom stereocenters. The number of aromatic hydroxyl groups is 2. The molecule has 24 heavy (non-hydrogen) atoms. The summed E-state index contributed by atoms with van der Waals surface area (Å²) in [4.78, 5) is 10.0. The zero-order chi connectivity index (χ0) is 17.3. The number of nitrogen functional groups attached to an aromatic ring is 1. The minimum Gasteiger partial charge on any atom is -0.505 e. The highest BCUT2D eigenvalue weighted by Gasteiger charge is 2.10. The standard InChI is InChI=1S/C16H12N4O4/c17-10-2-4-12-9(7-10)1-5-14(16(12)22)19-18-13-6-3-11(20(23)24)8-15(13)21/h1-8,21-22H,17H2. The van der Waals surface area contributed by atoms with Crippen molar-refractivity contribution in [2.75, 3.05) is 5.73 Å². The molecule has 8 nitrogen and oxygen atoms in total. The van der Waals surface area contributed by atoms with Crippen LogP contribution in [-0.2, 0) is 0 Å². The Balaban J connectivity index is 1.97. The SMILES string of the molecule is Nc1ccc2c(O)c(N=Nc3ccc([N+](=O)[O-])cc3O)ccc2c1. The summed E-state index contributed by atoms with van der Waals surface area (Å²) in [5, 5.41) is 39.7. The van der Waals surface area contributed by atoms with Gasteiger partial charge in [-0.15, -0.1) is 10.2 Å². The van der Waals surface area contributed by atoms with Crippen molar-refractivity contribution in [2.45, 2.75) is 0 Å². The number of non-ortho nitro benzene ring substituents is 1. The molecular weight excluding hydrogens is 312 g/mol. The predicted molar refractivity (Wildman–Crippen MR) is 89.0 cm³/mol. The van der Waals surface area contributed by atoms with Gasteiger partial charge in [0.2, 0.25) is 0 Å². The van der Waals surface area contributed by atoms with E-state index in [9.17, 15) is 20.3 Å². The highest BCUT2D eigenvalue weighted by atomic mass is 16.6. The zero-order valence-corrected chi connectivity index (χ0v) is 12.2. The van der Waals surface area contributed by atoms with Gasteiger partial charge in [0.25, 0.3) is 5.69 Å². The van der Waals surface area contributed by atoms with Crippen molar-refractivity contribution in [1.82, 2.24) is 0 Å². The fourth-order valence-corrected chi connectivity index (χ4v) is 2.22. The molecule has 0 aliphatic rings. The molecule has 3 aromatic rings. The van der Waals surface area contributed by atoms with E-state index < -0.39 is 4.92 Å². The van der Waals surface area contributed by atoms with Crippen LogP contribution < -0.4 is 5.73 Å². The lowest BCUT2D eigenvalue weighted by molar-refractivity contribution is -0.384. The van der Waals surface area contributed by atoms with Gasteiger partial charge in [-0.05, 0) is 35.7 Å². The molecule has 0 fully saturated rings. The summed E-state index contributed by atoms with van der Waals surface area (Å²) in [6.45, 7) is 0. The van der Waals surface area contributed by atoms with Crippen molar-refractivity contribution in [3.63, 3.8) is 0 Å². The van der Waals surface area contributed by atoms with Crippen LogP contribution in [0.4, 0.5) is 22.7 Å². The van der Waals surface area contributed by atoms with Crippen molar-refractivity contribution in [3.05, 3.63) is 58.6 Å². The summed E-state index contributed by atoms with van der Waals surface area (Å²) in [6.07, 6.45) is 0. The Morgan fingerprint density at radius 2 is 1.67 bits per heavy atom. The molecule has 0 saturated heterocycles. The first-order valence-corrected chi connectivity index (χ1v) is 6.86. The lowest BCUT2D eigenvalue weighted by Gasteiger charge is -2.04. The Morgan fingerprint density at radius 3 is 2.38 bits per heavy atom. The molecule has 8 heteroatoms. The number of nitrogens with two attached hydrogens (primary N) is 1. The summed E-state index contributed by atoms with van der Waals surface area (Å²) in [5.41, 5.74) is 6.27. The van der Waals surface area contributed by atoms with Gasteiger partial charge in [0.05, 0.1) is 11.0 Å². The fraction of sp³-hybridized carbons (Fsp3) is 0. The number of phenols is 2. The van der Waals surface area contributed by atoms with E-state index in [1.165, 1.54) is 12.1 Å². The number of nitrogens with zero attached hydrogens (tertiary/aromatic N) is 3. The maximum Gasteiger partial charge on any atom is 0.273 e. The minimum atomic E-state index is -0.624. The average molecular weight is 324 g/mol. The number of fused-ring (bicyclic) bond motifs is 1. The van der Waals surface area contributed by atoms with E-state index in [2.05, 4.69) is 10.2 Å². The van der Waals surface area contributed by atoms with Crippen LogP contribution in [-0.4, -0.2) is 15.1 Å². The second-order valence-corrected chi connectivity index (χ2v) is 5.04. The Kier molecular flexibility index (Phi) is 3.70. The summed E-state index contributed by atoms with van der Waals surface area (Å²) >= 11 is 0. The number of rotatable bonds is 3. The van der Waals surface area contributed by atoms with E-state index in [-0.39, 0.29) is 28.6 Å². The topological polar surface area (TPSA) is 134 Å². The molecule has 3 rings (SSSR count). The molecule has 120 valence electrons. The minimum absolute atomic E-state index is 0.0532. The maximum atomic E-state index is 10.6. The van der Waals surface area contributed by atoms with Crippen molar-refractivity contribution < 1.29 is 15.1 Å². The first-order valence-electron chi connectivity index (χ1n) is 6.86. The predicted octanol–water partition coefficient (Wildman–Crippen LogP) is 4.16. The third-order valence-corrected chi connectivity index (χ3v) is 3.43. The van der Waals surface area contributed by atoms with E-state index in [4.69, 9.17) is 5.73 Å². The Bertz CT molecular complexity index is 985. The normalized spacial score (nSPS) is 11.2. The quantitative estimate of drug-likeness (QED) is 0.288. The molecule has 0 atom stereocenters. The van der Waals surface area contributed by atoms with E-state index in [0.717, 1.165) is 11.5 Å². The molecule has 0 aromatic heterocycles. The lowest BCUT2D eigenvalue weighted by Crippen LogP contribution is -1.86. The molecule has 0 amide bonds. The van der Waals surface area contributed by atoms with Crippen LogP contribution in [0.1, 0.15) is 0 Å². The van der Waals surface area contributed by atoms with E-state index >= 15 is 0 Å². The Labute approximate surface area is 135 Å². The molecule has 0 saturated carbocycles. The molecule has 0 aliphatic carbocycles. The van der Waals surface area contributed by atoms with Gasteiger partial charge in [-0.1, -0.05) is 6.07 Å². The molecular formula is C16H12N4O4. The second kappa shape index (κ2) is 5.84. The van der Waals surface area contributed by atoms with Gasteiger partial charge in [0, 0.05) is 17.1 Å². The van der Waals surface area contributed by atoms with E-state index in [0.29, 0.717) is 11.1 Å². The number of azo groups is 1. The zero-order valence-electron chi connectivity index (χ0n) is 12.2. The molecule has 0 bridgehead atoms. The first-order chi connectivity index (χ1) is 11.5. The van der Waals surface area contributed by atoms with E-state index in [1.54, 1.807) is 30.3 Å². The number of nitro benzene ring substituents is 1. The Morgan fingerprint density at radius 1 is 0.958 bits per heavy atom. The smallest absolute Gasteiger partial charge is 0.273 e. The van der Waals surface area contributed by atoms with Crippen LogP contribution in [0.5, 0.6) is 11.5 Å². The van der Waals surface area contributed by atoms with Gasteiger partial charge >= 0.3 is 0 Å². The highest BCUT2D eigenvalue weighted by molar-refractivity contribution is 5.94. The third-order valence-electron chi connectivity index (χ3n) is 3.43.